The van der Waals surface area contributed by atoms with Gasteiger partial charge in [-0.25, -0.2) is 4.98 Å². The van der Waals surface area contributed by atoms with Crippen molar-refractivity contribution in [2.45, 2.75) is 26.3 Å². The van der Waals surface area contributed by atoms with E-state index < -0.39 is 0 Å². The van der Waals surface area contributed by atoms with E-state index >= 15 is 0 Å². The third-order valence-electron chi connectivity index (χ3n) is 3.01. The number of nitrogens with one attached hydrogen (secondary N) is 1. The van der Waals surface area contributed by atoms with E-state index in [0.717, 1.165) is 11.4 Å². The number of nitrogens with zero attached hydrogens (tertiary/aromatic N) is 5. The number of anilines is 2. The van der Waals surface area contributed by atoms with Crippen molar-refractivity contribution in [2.75, 3.05) is 31.4 Å². The lowest BCUT2D eigenvalue weighted by Gasteiger charge is -2.14. The van der Waals surface area contributed by atoms with Crippen LogP contribution < -0.4 is 15.0 Å². The summed E-state index contributed by atoms with van der Waals surface area (Å²) in [5.74, 6) is 2.83. The number of methoxy groups -OCH3 is 1. The third kappa shape index (κ3) is 4.03. The monoisotopic (exact) mass is 302 g/mol. The summed E-state index contributed by atoms with van der Waals surface area (Å²) in [5, 5.41) is 3.22. The second kappa shape index (κ2) is 7.02. The van der Waals surface area contributed by atoms with Gasteiger partial charge >= 0.3 is 0 Å². The van der Waals surface area contributed by atoms with Crippen molar-refractivity contribution < 1.29 is 4.74 Å². The summed E-state index contributed by atoms with van der Waals surface area (Å²) >= 11 is 0. The first-order valence-corrected chi connectivity index (χ1v) is 7.15. The summed E-state index contributed by atoms with van der Waals surface area (Å²) in [6, 6.07) is 3.78. The molecule has 7 nitrogen and oxygen atoms in total. The van der Waals surface area contributed by atoms with E-state index in [9.17, 15) is 0 Å². The van der Waals surface area contributed by atoms with Crippen LogP contribution in [0.5, 0.6) is 5.88 Å². The van der Waals surface area contributed by atoms with Crippen LogP contribution in [-0.4, -0.2) is 41.1 Å². The molecule has 2 aromatic heterocycles. The van der Waals surface area contributed by atoms with E-state index in [4.69, 9.17) is 4.74 Å². The molecule has 0 amide bonds. The van der Waals surface area contributed by atoms with Crippen molar-refractivity contribution in [3.05, 3.63) is 29.7 Å². The van der Waals surface area contributed by atoms with E-state index in [-0.39, 0.29) is 5.92 Å². The lowest BCUT2D eigenvalue weighted by molar-refractivity contribution is 0.397. The first kappa shape index (κ1) is 15.9. The number of rotatable bonds is 6. The Hall–Kier alpha value is -2.44. The highest BCUT2D eigenvalue weighted by molar-refractivity contribution is 5.37. The molecule has 0 saturated carbocycles. The molecule has 2 aromatic rings. The summed E-state index contributed by atoms with van der Waals surface area (Å²) in [6.45, 7) is 4.71. The minimum Gasteiger partial charge on any atom is -0.481 e. The second-order valence-corrected chi connectivity index (χ2v) is 5.43. The second-order valence-electron chi connectivity index (χ2n) is 5.43. The van der Waals surface area contributed by atoms with Crippen molar-refractivity contribution >= 4 is 11.9 Å². The van der Waals surface area contributed by atoms with E-state index in [1.54, 1.807) is 13.3 Å². The predicted octanol–water partition coefficient (Wildman–Crippen LogP) is 2.08. The minimum absolute atomic E-state index is 0.241. The van der Waals surface area contributed by atoms with Crippen LogP contribution in [-0.2, 0) is 6.54 Å². The van der Waals surface area contributed by atoms with Crippen LogP contribution >= 0.6 is 0 Å². The zero-order valence-electron chi connectivity index (χ0n) is 13.7. The highest BCUT2D eigenvalue weighted by Crippen LogP contribution is 2.15. The average Bonchev–Trinajstić information content (AvgIpc) is 2.53. The van der Waals surface area contributed by atoms with Gasteiger partial charge in [0.2, 0.25) is 17.8 Å². The Morgan fingerprint density at radius 2 is 1.95 bits per heavy atom. The topological polar surface area (TPSA) is 76.1 Å². The molecule has 2 heterocycles. The molecule has 7 heteroatoms. The summed E-state index contributed by atoms with van der Waals surface area (Å²) in [7, 11) is 5.43. The molecule has 0 radical (unpaired) electrons. The SMILES string of the molecule is COc1ccc(CNc2nc(C(C)C)nc(N(C)C)n2)cn1. The van der Waals surface area contributed by atoms with Crippen molar-refractivity contribution in [1.29, 1.82) is 0 Å². The molecular weight excluding hydrogens is 280 g/mol. The molecule has 0 aliphatic heterocycles. The summed E-state index contributed by atoms with van der Waals surface area (Å²) in [4.78, 5) is 19.4. The summed E-state index contributed by atoms with van der Waals surface area (Å²) in [5.41, 5.74) is 1.03. The van der Waals surface area contributed by atoms with Gasteiger partial charge < -0.3 is 15.0 Å². The molecule has 118 valence electrons. The fourth-order valence-corrected chi connectivity index (χ4v) is 1.74. The Kier molecular flexibility index (Phi) is 5.08. The fraction of sp³-hybridized carbons (Fsp3) is 0.467. The molecule has 0 unspecified atom stereocenters. The molecule has 0 aromatic carbocycles. The zero-order chi connectivity index (χ0) is 16.1. The molecule has 0 saturated heterocycles. The zero-order valence-corrected chi connectivity index (χ0v) is 13.7. The van der Waals surface area contributed by atoms with E-state index in [2.05, 4.69) is 39.1 Å². The lowest BCUT2D eigenvalue weighted by atomic mass is 10.2. The van der Waals surface area contributed by atoms with Gasteiger partial charge in [-0.3, -0.25) is 0 Å². The van der Waals surface area contributed by atoms with Crippen molar-refractivity contribution in [1.82, 2.24) is 19.9 Å². The molecule has 0 spiro atoms. The number of hydrogen-bond donors (Lipinski definition) is 1. The van der Waals surface area contributed by atoms with Crippen molar-refractivity contribution in [3.63, 3.8) is 0 Å². The van der Waals surface area contributed by atoms with Crippen LogP contribution in [0.4, 0.5) is 11.9 Å². The molecule has 0 aliphatic rings. The third-order valence-corrected chi connectivity index (χ3v) is 3.01. The minimum atomic E-state index is 0.241. The first-order chi connectivity index (χ1) is 10.5. The fourth-order valence-electron chi connectivity index (χ4n) is 1.74. The van der Waals surface area contributed by atoms with Crippen LogP contribution in [0.2, 0.25) is 0 Å². The van der Waals surface area contributed by atoms with Gasteiger partial charge in [0.1, 0.15) is 5.82 Å². The Morgan fingerprint density at radius 3 is 2.50 bits per heavy atom. The maximum Gasteiger partial charge on any atom is 0.229 e. The lowest BCUT2D eigenvalue weighted by Crippen LogP contribution is -2.17. The number of ether oxygens (including phenoxy) is 1. The van der Waals surface area contributed by atoms with Gasteiger partial charge in [-0.15, -0.1) is 0 Å². The molecule has 0 aliphatic carbocycles. The first-order valence-electron chi connectivity index (χ1n) is 7.15. The summed E-state index contributed by atoms with van der Waals surface area (Å²) in [6.07, 6.45) is 1.77. The van der Waals surface area contributed by atoms with Crippen LogP contribution in [0.1, 0.15) is 31.2 Å². The van der Waals surface area contributed by atoms with Crippen LogP contribution in [0.15, 0.2) is 18.3 Å². The Balaban J connectivity index is 2.13. The van der Waals surface area contributed by atoms with Crippen molar-refractivity contribution in [2.24, 2.45) is 0 Å². The molecule has 0 bridgehead atoms. The van der Waals surface area contributed by atoms with Crippen LogP contribution in [0, 0.1) is 0 Å². The van der Waals surface area contributed by atoms with Crippen LogP contribution in [0.25, 0.3) is 0 Å². The molecule has 22 heavy (non-hydrogen) atoms. The molecular formula is C15H22N6O. The molecule has 0 fully saturated rings. The largest absolute Gasteiger partial charge is 0.481 e. The van der Waals surface area contributed by atoms with E-state index in [1.165, 1.54) is 0 Å². The van der Waals surface area contributed by atoms with Crippen LogP contribution in [0.3, 0.4) is 0 Å². The average molecular weight is 302 g/mol. The van der Waals surface area contributed by atoms with Crippen molar-refractivity contribution in [3.8, 4) is 5.88 Å². The summed E-state index contributed by atoms with van der Waals surface area (Å²) < 4.78 is 5.05. The maximum absolute atomic E-state index is 5.05. The Morgan fingerprint density at radius 1 is 1.18 bits per heavy atom. The highest BCUT2D eigenvalue weighted by atomic mass is 16.5. The maximum atomic E-state index is 5.05. The standard InChI is InChI=1S/C15H22N6O/c1-10(2)13-18-14(20-15(19-13)21(3)4)17-9-11-6-7-12(22-5)16-8-11/h6-8,10H,9H2,1-5H3,(H,17,18,19,20). The normalized spacial score (nSPS) is 10.6. The van der Waals surface area contributed by atoms with E-state index in [1.807, 2.05) is 31.1 Å². The number of aromatic nitrogens is 4. The van der Waals surface area contributed by atoms with Gasteiger partial charge in [-0.05, 0) is 5.56 Å². The van der Waals surface area contributed by atoms with Gasteiger partial charge in [-0.1, -0.05) is 19.9 Å². The van der Waals surface area contributed by atoms with Gasteiger partial charge in [0.15, 0.2) is 0 Å². The van der Waals surface area contributed by atoms with E-state index in [0.29, 0.717) is 24.3 Å². The molecule has 0 atom stereocenters. The quantitative estimate of drug-likeness (QED) is 0.875. The Bertz CT molecular complexity index is 586. The van der Waals surface area contributed by atoms with Gasteiger partial charge in [0.05, 0.1) is 7.11 Å². The predicted molar refractivity (Wildman–Crippen MR) is 86.4 cm³/mol. The number of hydrogen-bond acceptors (Lipinski definition) is 7. The van der Waals surface area contributed by atoms with Gasteiger partial charge in [0, 0.05) is 38.8 Å². The Labute approximate surface area is 130 Å². The van der Waals surface area contributed by atoms with Gasteiger partial charge in [0.25, 0.3) is 0 Å². The number of pyridine rings is 1. The smallest absolute Gasteiger partial charge is 0.229 e. The molecule has 1 N–H and O–H groups in total. The molecule has 2 rings (SSSR count). The van der Waals surface area contributed by atoms with Gasteiger partial charge in [-0.2, -0.15) is 15.0 Å². The highest BCUT2D eigenvalue weighted by Gasteiger charge is 2.10.